The minimum absolute atomic E-state index is 0.0648. The molecule has 0 saturated carbocycles. The Morgan fingerprint density at radius 2 is 1.62 bits per heavy atom. The number of hydrogen-bond acceptors (Lipinski definition) is 7. The van der Waals surface area contributed by atoms with Gasteiger partial charge in [-0.3, -0.25) is 13.9 Å². The van der Waals surface area contributed by atoms with Crippen molar-refractivity contribution in [1.29, 1.82) is 0 Å². The molecule has 0 aliphatic heterocycles. The van der Waals surface area contributed by atoms with E-state index in [1.807, 2.05) is 13.8 Å². The first-order valence-corrected chi connectivity index (χ1v) is 16.6. The van der Waals surface area contributed by atoms with Gasteiger partial charge in [-0.15, -0.1) is 0 Å². The lowest BCUT2D eigenvalue weighted by Gasteiger charge is -2.32. The number of methoxy groups -OCH3 is 2. The van der Waals surface area contributed by atoms with Crippen LogP contribution in [0.15, 0.2) is 65.6 Å². The fraction of sp³-hybridized carbons (Fsp3) is 0.375. The number of anilines is 1. The molecule has 1 unspecified atom stereocenters. The van der Waals surface area contributed by atoms with Crippen LogP contribution in [0.5, 0.6) is 17.2 Å². The first-order valence-electron chi connectivity index (χ1n) is 14.4. The van der Waals surface area contributed by atoms with Crippen LogP contribution >= 0.6 is 23.2 Å². The summed E-state index contributed by atoms with van der Waals surface area (Å²) < 4.78 is 45.6. The number of nitrogens with one attached hydrogen (secondary N) is 1. The highest BCUT2D eigenvalue weighted by atomic mass is 35.5. The largest absolute Gasteiger partial charge is 0.494 e. The van der Waals surface area contributed by atoms with Crippen LogP contribution in [-0.4, -0.2) is 65.1 Å². The Labute approximate surface area is 275 Å². The second-order valence-electron chi connectivity index (χ2n) is 10.0. The Bertz CT molecular complexity index is 1570. The Balaban J connectivity index is 2.08. The van der Waals surface area contributed by atoms with Crippen LogP contribution in [0.4, 0.5) is 5.69 Å². The van der Waals surface area contributed by atoms with E-state index in [1.54, 1.807) is 49.4 Å². The quantitative estimate of drug-likeness (QED) is 0.186. The Hall–Kier alpha value is -3.67. The third kappa shape index (κ3) is 9.18. The number of halogens is 2. The van der Waals surface area contributed by atoms with E-state index in [0.717, 1.165) is 17.1 Å². The van der Waals surface area contributed by atoms with Gasteiger partial charge in [0.15, 0.2) is 11.5 Å². The van der Waals surface area contributed by atoms with Crippen molar-refractivity contribution in [1.82, 2.24) is 10.2 Å². The van der Waals surface area contributed by atoms with Crippen LogP contribution in [0.25, 0.3) is 0 Å². The van der Waals surface area contributed by atoms with Crippen LogP contribution in [0.2, 0.25) is 10.0 Å². The molecule has 2 amide bonds. The number of nitrogens with zero attached hydrogens (tertiary/aromatic N) is 2. The highest BCUT2D eigenvalue weighted by Gasteiger charge is 2.33. The summed E-state index contributed by atoms with van der Waals surface area (Å²) in [5, 5.41) is 3.57. The number of benzene rings is 3. The summed E-state index contributed by atoms with van der Waals surface area (Å²) in [6, 6.07) is 14.4. The maximum atomic E-state index is 14.2. The van der Waals surface area contributed by atoms with Gasteiger partial charge in [-0.1, -0.05) is 42.6 Å². The van der Waals surface area contributed by atoms with Crippen LogP contribution in [0.3, 0.4) is 0 Å². The van der Waals surface area contributed by atoms with Gasteiger partial charge in [-0.2, -0.15) is 0 Å². The molecule has 0 bridgehead atoms. The van der Waals surface area contributed by atoms with E-state index in [-0.39, 0.29) is 28.8 Å². The average molecular weight is 681 g/mol. The molecule has 0 fully saturated rings. The maximum absolute atomic E-state index is 14.2. The molecule has 13 heteroatoms. The molecule has 3 rings (SSSR count). The van der Waals surface area contributed by atoms with E-state index >= 15 is 0 Å². The summed E-state index contributed by atoms with van der Waals surface area (Å²) in [5.41, 5.74) is 0.754. The molecule has 1 atom stereocenters. The molecule has 0 aromatic heterocycles. The van der Waals surface area contributed by atoms with E-state index in [9.17, 15) is 18.0 Å². The predicted octanol–water partition coefficient (Wildman–Crippen LogP) is 5.94. The van der Waals surface area contributed by atoms with Crippen LogP contribution in [-0.2, 0) is 26.2 Å². The van der Waals surface area contributed by atoms with Gasteiger partial charge in [0.2, 0.25) is 11.8 Å². The summed E-state index contributed by atoms with van der Waals surface area (Å²) in [4.78, 5) is 28.5. The van der Waals surface area contributed by atoms with Gasteiger partial charge in [0.25, 0.3) is 10.0 Å². The number of hydrogen-bond donors (Lipinski definition) is 1. The molecule has 0 aliphatic rings. The first-order chi connectivity index (χ1) is 21.5. The molecule has 244 valence electrons. The van der Waals surface area contributed by atoms with E-state index in [4.69, 9.17) is 37.4 Å². The molecule has 0 spiro atoms. The first kappa shape index (κ1) is 35.8. The van der Waals surface area contributed by atoms with Crippen molar-refractivity contribution in [2.24, 2.45) is 0 Å². The Morgan fingerprint density at radius 1 is 0.933 bits per heavy atom. The Kier molecular flexibility index (Phi) is 13.2. The van der Waals surface area contributed by atoms with Gasteiger partial charge >= 0.3 is 0 Å². The minimum atomic E-state index is -4.35. The fourth-order valence-electron chi connectivity index (χ4n) is 4.46. The lowest BCUT2D eigenvalue weighted by Crippen LogP contribution is -2.51. The van der Waals surface area contributed by atoms with Gasteiger partial charge in [0.1, 0.15) is 18.3 Å². The molecule has 45 heavy (non-hydrogen) atoms. The van der Waals surface area contributed by atoms with E-state index in [2.05, 4.69) is 5.32 Å². The normalized spacial score (nSPS) is 11.8. The van der Waals surface area contributed by atoms with Crippen molar-refractivity contribution >= 4 is 50.7 Å². The molecule has 0 heterocycles. The zero-order chi connectivity index (χ0) is 33.1. The number of rotatable bonds is 16. The molecule has 3 aromatic rings. The number of amides is 2. The standard InChI is InChI=1S/C32H39Cl2N3O7S/c1-6-8-17-35-32(39)22(3)36(20-23-9-10-24(33)18-28(23)34)31(38)21-37(25-11-13-26(14-12-25)44-7-2)45(40,41)27-15-16-29(42-4)30(19-27)43-5/h9-16,18-19,22H,6-8,17,20-21H2,1-5H3,(H,35,39). The highest BCUT2D eigenvalue weighted by molar-refractivity contribution is 7.92. The van der Waals surface area contributed by atoms with Crippen molar-refractivity contribution in [2.45, 2.75) is 51.1 Å². The molecular formula is C32H39Cl2N3O7S. The van der Waals surface area contributed by atoms with Gasteiger partial charge in [0.05, 0.1) is 31.4 Å². The topological polar surface area (TPSA) is 114 Å². The smallest absolute Gasteiger partial charge is 0.264 e. The zero-order valence-electron chi connectivity index (χ0n) is 26.0. The van der Waals surface area contributed by atoms with Crippen molar-refractivity contribution in [3.05, 3.63) is 76.3 Å². The molecule has 0 radical (unpaired) electrons. The molecule has 1 N–H and O–H groups in total. The molecule has 10 nitrogen and oxygen atoms in total. The lowest BCUT2D eigenvalue weighted by molar-refractivity contribution is -0.139. The van der Waals surface area contributed by atoms with E-state index in [0.29, 0.717) is 40.3 Å². The second-order valence-corrected chi connectivity index (χ2v) is 12.7. The van der Waals surface area contributed by atoms with Crippen LogP contribution in [0, 0.1) is 0 Å². The maximum Gasteiger partial charge on any atom is 0.264 e. The van der Waals surface area contributed by atoms with Crippen molar-refractivity contribution in [2.75, 3.05) is 38.2 Å². The van der Waals surface area contributed by atoms with Gasteiger partial charge < -0.3 is 24.4 Å². The Morgan fingerprint density at radius 3 is 2.22 bits per heavy atom. The van der Waals surface area contributed by atoms with E-state index in [1.165, 1.54) is 37.3 Å². The third-order valence-corrected chi connectivity index (χ3v) is 9.37. The minimum Gasteiger partial charge on any atom is -0.494 e. The monoisotopic (exact) mass is 679 g/mol. The SMILES string of the molecule is CCCCNC(=O)C(C)N(Cc1ccc(Cl)cc1Cl)C(=O)CN(c1ccc(OCC)cc1)S(=O)(=O)c1ccc(OC)c(OC)c1. The van der Waals surface area contributed by atoms with Crippen LogP contribution in [0.1, 0.15) is 39.2 Å². The molecule has 0 aliphatic carbocycles. The number of carbonyl (C=O) groups is 2. The fourth-order valence-corrected chi connectivity index (χ4v) is 6.36. The van der Waals surface area contributed by atoms with E-state index < -0.39 is 28.5 Å². The van der Waals surface area contributed by atoms with Crippen LogP contribution < -0.4 is 23.8 Å². The summed E-state index contributed by atoms with van der Waals surface area (Å²) in [5.74, 6) is 0.0729. The number of carbonyl (C=O) groups excluding carboxylic acids is 2. The predicted molar refractivity (Wildman–Crippen MR) is 176 cm³/mol. The van der Waals surface area contributed by atoms with Gasteiger partial charge in [-0.05, 0) is 74.4 Å². The lowest BCUT2D eigenvalue weighted by atomic mass is 10.1. The van der Waals surface area contributed by atoms with Crippen molar-refractivity contribution in [3.63, 3.8) is 0 Å². The summed E-state index contributed by atoms with van der Waals surface area (Å²) in [7, 11) is -1.51. The summed E-state index contributed by atoms with van der Waals surface area (Å²) >= 11 is 12.5. The average Bonchev–Trinajstić information content (AvgIpc) is 3.03. The number of unbranched alkanes of at least 4 members (excludes halogenated alkanes) is 1. The second kappa shape index (κ2) is 16.6. The van der Waals surface area contributed by atoms with Crippen molar-refractivity contribution in [3.8, 4) is 17.2 Å². The number of sulfonamides is 1. The number of ether oxygens (including phenoxy) is 3. The van der Waals surface area contributed by atoms with Gasteiger partial charge in [-0.25, -0.2) is 8.42 Å². The summed E-state index contributed by atoms with van der Waals surface area (Å²) in [6.07, 6.45) is 1.65. The molecule has 3 aromatic carbocycles. The molecular weight excluding hydrogens is 641 g/mol. The zero-order valence-corrected chi connectivity index (χ0v) is 28.3. The molecule has 0 saturated heterocycles. The van der Waals surface area contributed by atoms with Gasteiger partial charge in [0, 0.05) is 29.2 Å². The van der Waals surface area contributed by atoms with Crippen molar-refractivity contribution < 1.29 is 32.2 Å². The highest BCUT2D eigenvalue weighted by Crippen LogP contribution is 2.33. The third-order valence-electron chi connectivity index (χ3n) is 7.01. The summed E-state index contributed by atoms with van der Waals surface area (Å²) in [6.45, 7) is 5.60.